The Labute approximate surface area is 171 Å². The number of carbonyl (C=O) groups excluding carboxylic acids is 1. The first-order valence-corrected chi connectivity index (χ1v) is 10.1. The SMILES string of the molecule is N=C(N)c1ccc(CCC(CC(=O)N2CCCC2)c2cccc(C(=N)N)c2)cc1. The molecule has 0 saturated carbocycles. The zero-order valence-electron chi connectivity index (χ0n) is 16.7. The minimum absolute atomic E-state index is 0.0382. The van der Waals surface area contributed by atoms with Gasteiger partial charge in [-0.15, -0.1) is 0 Å². The largest absolute Gasteiger partial charge is 0.384 e. The van der Waals surface area contributed by atoms with Crippen LogP contribution in [-0.2, 0) is 11.2 Å². The number of carbonyl (C=O) groups is 1. The van der Waals surface area contributed by atoms with Crippen LogP contribution < -0.4 is 11.5 Å². The number of hydrogen-bond donors (Lipinski definition) is 4. The Morgan fingerprint density at radius 2 is 1.62 bits per heavy atom. The molecule has 152 valence electrons. The highest BCUT2D eigenvalue weighted by molar-refractivity contribution is 5.95. The lowest BCUT2D eigenvalue weighted by atomic mass is 9.88. The number of benzene rings is 2. The van der Waals surface area contributed by atoms with Crippen molar-refractivity contribution in [2.75, 3.05) is 13.1 Å². The summed E-state index contributed by atoms with van der Waals surface area (Å²) in [7, 11) is 0. The molecule has 6 heteroatoms. The van der Waals surface area contributed by atoms with E-state index in [0.717, 1.165) is 49.9 Å². The number of nitrogens with one attached hydrogen (secondary N) is 2. The minimum Gasteiger partial charge on any atom is -0.384 e. The third-order valence-corrected chi connectivity index (χ3v) is 5.60. The van der Waals surface area contributed by atoms with Crippen LogP contribution in [0.25, 0.3) is 0 Å². The minimum atomic E-state index is 0.0382. The van der Waals surface area contributed by atoms with E-state index in [-0.39, 0.29) is 23.5 Å². The van der Waals surface area contributed by atoms with Crippen LogP contribution in [0.2, 0.25) is 0 Å². The van der Waals surface area contributed by atoms with Gasteiger partial charge in [0.15, 0.2) is 0 Å². The van der Waals surface area contributed by atoms with Crippen molar-refractivity contribution in [1.82, 2.24) is 4.90 Å². The number of hydrogen-bond acceptors (Lipinski definition) is 3. The van der Waals surface area contributed by atoms with Crippen LogP contribution in [0, 0.1) is 10.8 Å². The average molecular weight is 392 g/mol. The molecule has 3 rings (SSSR count). The van der Waals surface area contributed by atoms with Crippen molar-refractivity contribution in [1.29, 1.82) is 10.8 Å². The first kappa shape index (κ1) is 20.6. The number of aryl methyl sites for hydroxylation is 1. The van der Waals surface area contributed by atoms with Crippen LogP contribution in [0.1, 0.15) is 53.9 Å². The summed E-state index contributed by atoms with van der Waals surface area (Å²) in [4.78, 5) is 14.8. The Morgan fingerprint density at radius 3 is 2.24 bits per heavy atom. The summed E-state index contributed by atoms with van der Waals surface area (Å²) in [5, 5.41) is 15.2. The first-order chi connectivity index (χ1) is 13.9. The molecule has 0 bridgehead atoms. The van der Waals surface area contributed by atoms with Crippen LogP contribution in [-0.4, -0.2) is 35.6 Å². The third kappa shape index (κ3) is 5.44. The van der Waals surface area contributed by atoms with E-state index in [1.54, 1.807) is 0 Å². The van der Waals surface area contributed by atoms with Gasteiger partial charge in [0.25, 0.3) is 0 Å². The smallest absolute Gasteiger partial charge is 0.223 e. The highest BCUT2D eigenvalue weighted by atomic mass is 16.2. The molecule has 1 aliphatic rings. The van der Waals surface area contributed by atoms with E-state index in [2.05, 4.69) is 0 Å². The van der Waals surface area contributed by atoms with Crippen molar-refractivity contribution in [3.05, 3.63) is 70.8 Å². The van der Waals surface area contributed by atoms with E-state index >= 15 is 0 Å². The van der Waals surface area contributed by atoms with Crippen LogP contribution >= 0.6 is 0 Å². The fraction of sp³-hybridized carbons (Fsp3) is 0.348. The van der Waals surface area contributed by atoms with Gasteiger partial charge >= 0.3 is 0 Å². The second-order valence-electron chi connectivity index (χ2n) is 7.68. The van der Waals surface area contributed by atoms with E-state index in [4.69, 9.17) is 22.3 Å². The molecule has 29 heavy (non-hydrogen) atoms. The summed E-state index contributed by atoms with van der Waals surface area (Å²) in [6.45, 7) is 1.71. The normalized spacial score (nSPS) is 14.6. The highest BCUT2D eigenvalue weighted by Gasteiger charge is 2.23. The molecule has 1 saturated heterocycles. The van der Waals surface area contributed by atoms with Gasteiger partial charge in [-0.1, -0.05) is 42.5 Å². The molecular weight excluding hydrogens is 362 g/mol. The molecule has 1 atom stereocenters. The van der Waals surface area contributed by atoms with Crippen molar-refractivity contribution in [2.24, 2.45) is 11.5 Å². The van der Waals surface area contributed by atoms with Gasteiger partial charge in [-0.2, -0.15) is 0 Å². The zero-order chi connectivity index (χ0) is 20.8. The summed E-state index contributed by atoms with van der Waals surface area (Å²) >= 11 is 0. The molecule has 0 radical (unpaired) electrons. The maximum Gasteiger partial charge on any atom is 0.223 e. The lowest BCUT2D eigenvalue weighted by Crippen LogP contribution is -2.29. The Morgan fingerprint density at radius 1 is 0.966 bits per heavy atom. The number of likely N-dealkylation sites (tertiary alicyclic amines) is 1. The number of amidine groups is 2. The van der Waals surface area contributed by atoms with E-state index in [1.807, 2.05) is 53.4 Å². The van der Waals surface area contributed by atoms with Crippen molar-refractivity contribution in [2.45, 2.75) is 38.0 Å². The van der Waals surface area contributed by atoms with E-state index in [1.165, 1.54) is 0 Å². The fourth-order valence-corrected chi connectivity index (χ4v) is 3.85. The number of nitrogens with two attached hydrogens (primary N) is 2. The quantitative estimate of drug-likeness (QED) is 0.409. The van der Waals surface area contributed by atoms with Crippen molar-refractivity contribution in [3.63, 3.8) is 0 Å². The number of nitrogen functional groups attached to an aromatic ring is 2. The molecule has 2 aromatic rings. The summed E-state index contributed by atoms with van der Waals surface area (Å²) in [6.07, 6.45) is 4.27. The average Bonchev–Trinajstić information content (AvgIpc) is 3.26. The molecule has 6 N–H and O–H groups in total. The molecule has 2 aromatic carbocycles. The monoisotopic (exact) mass is 391 g/mol. The molecular formula is C23H29N5O. The predicted molar refractivity (Wildman–Crippen MR) is 116 cm³/mol. The maximum absolute atomic E-state index is 12.8. The molecule has 0 spiro atoms. The van der Waals surface area contributed by atoms with Gasteiger partial charge in [0.1, 0.15) is 11.7 Å². The van der Waals surface area contributed by atoms with Crippen LogP contribution in [0.3, 0.4) is 0 Å². The molecule has 0 aromatic heterocycles. The van der Waals surface area contributed by atoms with Gasteiger partial charge in [0.2, 0.25) is 5.91 Å². The zero-order valence-corrected chi connectivity index (χ0v) is 16.7. The standard InChI is InChI=1S/C23H29N5O/c24-22(25)17-9-6-16(7-10-17)8-11-19(15-21(29)28-12-1-2-13-28)18-4-3-5-20(14-18)23(26)27/h3-7,9-10,14,19H,1-2,8,11-13,15H2,(H3,24,25)(H3,26,27). The topological polar surface area (TPSA) is 120 Å². The van der Waals surface area contributed by atoms with Gasteiger partial charge in [-0.25, -0.2) is 0 Å². The fourth-order valence-electron chi connectivity index (χ4n) is 3.85. The predicted octanol–water partition coefficient (Wildman–Crippen LogP) is 2.98. The van der Waals surface area contributed by atoms with E-state index < -0.39 is 0 Å². The van der Waals surface area contributed by atoms with E-state index in [9.17, 15) is 4.79 Å². The molecule has 1 aliphatic heterocycles. The van der Waals surface area contributed by atoms with Crippen LogP contribution in [0.4, 0.5) is 0 Å². The summed E-state index contributed by atoms with van der Waals surface area (Å²) < 4.78 is 0. The lowest BCUT2D eigenvalue weighted by molar-refractivity contribution is -0.130. The Balaban J connectivity index is 1.76. The first-order valence-electron chi connectivity index (χ1n) is 10.1. The van der Waals surface area contributed by atoms with Gasteiger partial charge in [-0.3, -0.25) is 15.6 Å². The van der Waals surface area contributed by atoms with Crippen molar-refractivity contribution < 1.29 is 4.79 Å². The number of rotatable bonds is 8. The second kappa shape index (κ2) is 9.37. The Hall–Kier alpha value is -3.15. The lowest BCUT2D eigenvalue weighted by Gasteiger charge is -2.22. The molecule has 0 aliphatic carbocycles. The summed E-state index contributed by atoms with van der Waals surface area (Å²) in [5.41, 5.74) is 14.8. The highest BCUT2D eigenvalue weighted by Crippen LogP contribution is 2.28. The number of nitrogens with zero attached hydrogens (tertiary/aromatic N) is 1. The van der Waals surface area contributed by atoms with Crippen LogP contribution in [0.15, 0.2) is 48.5 Å². The summed E-state index contributed by atoms with van der Waals surface area (Å²) in [5.74, 6) is 0.366. The van der Waals surface area contributed by atoms with Crippen molar-refractivity contribution in [3.8, 4) is 0 Å². The second-order valence-corrected chi connectivity index (χ2v) is 7.68. The molecule has 1 fully saturated rings. The molecule has 6 nitrogen and oxygen atoms in total. The van der Waals surface area contributed by atoms with Gasteiger partial charge in [-0.05, 0) is 48.8 Å². The van der Waals surface area contributed by atoms with Gasteiger partial charge < -0.3 is 16.4 Å². The number of amides is 1. The maximum atomic E-state index is 12.8. The Kier molecular flexibility index (Phi) is 6.65. The third-order valence-electron chi connectivity index (χ3n) is 5.60. The molecule has 1 heterocycles. The van der Waals surface area contributed by atoms with Gasteiger partial charge in [0.05, 0.1) is 0 Å². The molecule has 1 amide bonds. The summed E-state index contributed by atoms with van der Waals surface area (Å²) in [6, 6.07) is 15.4. The van der Waals surface area contributed by atoms with Gasteiger partial charge in [0, 0.05) is 30.6 Å². The van der Waals surface area contributed by atoms with Crippen molar-refractivity contribution >= 4 is 17.6 Å². The van der Waals surface area contributed by atoms with Crippen LogP contribution in [0.5, 0.6) is 0 Å². The molecule has 1 unspecified atom stereocenters. The van der Waals surface area contributed by atoms with E-state index in [0.29, 0.717) is 17.5 Å². The Bertz CT molecular complexity index is 884.